The van der Waals surface area contributed by atoms with Crippen LogP contribution in [0.4, 0.5) is 0 Å². The van der Waals surface area contributed by atoms with E-state index in [2.05, 4.69) is 29.5 Å². The lowest BCUT2D eigenvalue weighted by molar-refractivity contribution is 0.679. The number of rotatable bonds is 2. The summed E-state index contributed by atoms with van der Waals surface area (Å²) >= 11 is 7.46. The van der Waals surface area contributed by atoms with Gasteiger partial charge >= 0.3 is 13.5 Å². The van der Waals surface area contributed by atoms with Crippen molar-refractivity contribution < 1.29 is 4.57 Å². The number of thiol groups is 2. The lowest BCUT2D eigenvalue weighted by Crippen LogP contribution is -1.88. The van der Waals surface area contributed by atoms with Gasteiger partial charge in [0, 0.05) is 0 Å². The Morgan fingerprint density at radius 2 is 1.60 bits per heavy atom. The molecule has 0 saturated carbocycles. The standard InChI is InChI=1S/B2H4OS2/c4-1-3-2-5/h1-2,4-5H. The minimum absolute atomic E-state index is 0.462. The zero-order valence-electron chi connectivity index (χ0n) is 2.72. The maximum absolute atomic E-state index is 4.56. The van der Waals surface area contributed by atoms with Crippen molar-refractivity contribution in [3.8, 4) is 0 Å². The first-order valence-electron chi connectivity index (χ1n) is 1.21. The number of hydrogen-bond donors (Lipinski definition) is 2. The Balaban J connectivity index is 2.19. The molecule has 0 aromatic heterocycles. The summed E-state index contributed by atoms with van der Waals surface area (Å²) in [6, 6.07) is 0. The second-order valence-electron chi connectivity index (χ2n) is 0.462. The fourth-order valence-corrected chi connectivity index (χ4v) is 0.367. The van der Waals surface area contributed by atoms with E-state index >= 15 is 0 Å². The summed E-state index contributed by atoms with van der Waals surface area (Å²) in [6.45, 7) is 0.924. The van der Waals surface area contributed by atoms with Crippen molar-refractivity contribution in [2.24, 2.45) is 0 Å². The summed E-state index contributed by atoms with van der Waals surface area (Å²) < 4.78 is 4.56. The molecule has 0 atom stereocenters. The molecule has 0 aliphatic heterocycles. The summed E-state index contributed by atoms with van der Waals surface area (Å²) in [5, 5.41) is 0. The summed E-state index contributed by atoms with van der Waals surface area (Å²) in [5.41, 5.74) is 0. The van der Waals surface area contributed by atoms with Crippen LogP contribution in [0.25, 0.3) is 0 Å². The van der Waals surface area contributed by atoms with Crippen molar-refractivity contribution in [1.29, 1.82) is 0 Å². The third-order valence-corrected chi connectivity index (χ3v) is 0.548. The molecule has 0 fully saturated rings. The van der Waals surface area contributed by atoms with Crippen LogP contribution in [0.3, 0.4) is 0 Å². The first-order chi connectivity index (χ1) is 2.41. The van der Waals surface area contributed by atoms with Gasteiger partial charge in [-0.3, -0.25) is 0 Å². The van der Waals surface area contributed by atoms with Crippen LogP contribution in [0.5, 0.6) is 0 Å². The number of hydrogen-bond acceptors (Lipinski definition) is 3. The van der Waals surface area contributed by atoms with Gasteiger partial charge < -0.3 is 4.57 Å². The van der Waals surface area contributed by atoms with E-state index in [1.54, 1.807) is 0 Å². The van der Waals surface area contributed by atoms with Gasteiger partial charge in [0.05, 0.1) is 0 Å². The fraction of sp³-hybridized carbons (Fsp3) is 0. The van der Waals surface area contributed by atoms with Crippen LogP contribution in [0, 0.1) is 0 Å². The van der Waals surface area contributed by atoms with Gasteiger partial charge in [-0.05, 0) is 0 Å². The molecule has 0 rings (SSSR count). The summed E-state index contributed by atoms with van der Waals surface area (Å²) in [6.07, 6.45) is 0. The molecule has 0 spiro atoms. The maximum Gasteiger partial charge on any atom is 0.324 e. The summed E-state index contributed by atoms with van der Waals surface area (Å²) in [7, 11) is 0. The lowest BCUT2D eigenvalue weighted by Gasteiger charge is -1.81. The van der Waals surface area contributed by atoms with Crippen LogP contribution in [-0.4, -0.2) is 13.5 Å². The highest BCUT2D eigenvalue weighted by atomic mass is 32.1. The second kappa shape index (κ2) is 4.79. The molecule has 0 amide bonds. The predicted octanol–water partition coefficient (Wildman–Crippen LogP) is -0.604. The lowest BCUT2D eigenvalue weighted by atomic mass is 10.4. The maximum atomic E-state index is 4.56. The quantitative estimate of drug-likeness (QED) is 0.352. The van der Waals surface area contributed by atoms with Gasteiger partial charge in [0.25, 0.3) is 0 Å². The van der Waals surface area contributed by atoms with Gasteiger partial charge in [0.15, 0.2) is 0 Å². The van der Waals surface area contributed by atoms with E-state index in [1.165, 1.54) is 0 Å². The monoisotopic (exact) mass is 106 g/mol. The molecule has 0 bridgehead atoms. The molecule has 0 aromatic carbocycles. The summed E-state index contributed by atoms with van der Waals surface area (Å²) in [4.78, 5) is 0. The first kappa shape index (κ1) is 5.79. The third-order valence-electron chi connectivity index (χ3n) is 0.183. The molecule has 28 valence electrons. The molecule has 0 saturated heterocycles. The molecule has 0 aliphatic carbocycles. The van der Waals surface area contributed by atoms with Crippen LogP contribution < -0.4 is 0 Å². The SMILES string of the molecule is SBOBS. The Labute approximate surface area is 43.6 Å². The predicted molar refractivity (Wildman–Crippen MR) is 33.4 cm³/mol. The Bertz CT molecular complexity index is 15.1. The van der Waals surface area contributed by atoms with Crippen molar-refractivity contribution in [1.82, 2.24) is 0 Å². The van der Waals surface area contributed by atoms with Crippen molar-refractivity contribution >= 4 is 38.5 Å². The molecule has 0 heterocycles. The van der Waals surface area contributed by atoms with Gasteiger partial charge in [0.1, 0.15) is 0 Å². The average Bonchev–Trinajstić information content (AvgIpc) is 1.41. The summed E-state index contributed by atoms with van der Waals surface area (Å²) in [5.74, 6) is 0. The highest BCUT2D eigenvalue weighted by Gasteiger charge is 1.74. The zero-order chi connectivity index (χ0) is 4.12. The van der Waals surface area contributed by atoms with Gasteiger partial charge in [-0.25, -0.2) is 0 Å². The Morgan fingerprint density at radius 1 is 1.20 bits per heavy atom. The molecule has 0 N–H and O–H groups in total. The van der Waals surface area contributed by atoms with Gasteiger partial charge in [-0.2, -0.15) is 25.0 Å². The smallest absolute Gasteiger partial charge is 0.324 e. The molecule has 0 aliphatic rings. The Morgan fingerprint density at radius 3 is 1.60 bits per heavy atom. The average molecular weight is 106 g/mol. The molecular weight excluding hydrogens is 102 g/mol. The van der Waals surface area contributed by atoms with E-state index in [4.69, 9.17) is 0 Å². The van der Waals surface area contributed by atoms with Crippen LogP contribution in [0.1, 0.15) is 0 Å². The molecule has 5 heteroatoms. The second-order valence-corrected chi connectivity index (χ2v) is 0.979. The minimum atomic E-state index is 0.462. The normalized spacial score (nSPS) is 6.80. The van der Waals surface area contributed by atoms with Crippen LogP contribution in [-0.2, 0) is 4.57 Å². The third kappa shape index (κ3) is 4.79. The molecule has 0 unspecified atom stereocenters. The van der Waals surface area contributed by atoms with Crippen molar-refractivity contribution in [3.05, 3.63) is 0 Å². The van der Waals surface area contributed by atoms with Crippen molar-refractivity contribution in [2.45, 2.75) is 0 Å². The van der Waals surface area contributed by atoms with Gasteiger partial charge in [-0.15, -0.1) is 0 Å². The van der Waals surface area contributed by atoms with E-state index < -0.39 is 0 Å². The first-order valence-corrected chi connectivity index (χ1v) is 2.47. The Kier molecular flexibility index (Phi) is 5.55. The van der Waals surface area contributed by atoms with Crippen LogP contribution in [0.2, 0.25) is 0 Å². The van der Waals surface area contributed by atoms with E-state index in [9.17, 15) is 0 Å². The highest BCUT2D eigenvalue weighted by molar-refractivity contribution is 8.08. The minimum Gasteiger partial charge on any atom is -0.487 e. The largest absolute Gasteiger partial charge is 0.487 e. The zero-order valence-corrected chi connectivity index (χ0v) is 4.51. The Hall–Kier alpha value is 0.790. The van der Waals surface area contributed by atoms with Gasteiger partial charge in [-0.1, -0.05) is 0 Å². The van der Waals surface area contributed by atoms with E-state index in [-0.39, 0.29) is 0 Å². The van der Waals surface area contributed by atoms with Crippen molar-refractivity contribution in [3.63, 3.8) is 0 Å². The van der Waals surface area contributed by atoms with E-state index in [0.717, 1.165) is 0 Å². The topological polar surface area (TPSA) is 9.23 Å². The van der Waals surface area contributed by atoms with Crippen LogP contribution in [0.15, 0.2) is 0 Å². The molecular formula is H4B2OS2. The van der Waals surface area contributed by atoms with E-state index in [0.29, 0.717) is 13.5 Å². The molecule has 0 aromatic rings. The fourth-order valence-electron chi connectivity index (χ4n) is 0.0408. The van der Waals surface area contributed by atoms with Crippen LogP contribution >= 0.6 is 25.0 Å². The highest BCUT2D eigenvalue weighted by Crippen LogP contribution is 1.70. The van der Waals surface area contributed by atoms with Crippen molar-refractivity contribution in [2.75, 3.05) is 0 Å². The molecule has 5 heavy (non-hydrogen) atoms. The molecule has 1 nitrogen and oxygen atoms in total. The molecule has 0 radical (unpaired) electrons. The van der Waals surface area contributed by atoms with Gasteiger partial charge in [0.2, 0.25) is 0 Å². The van der Waals surface area contributed by atoms with E-state index in [1.807, 2.05) is 0 Å².